The smallest absolute Gasteiger partial charge is 0.304 e. The zero-order valence-corrected chi connectivity index (χ0v) is 10.6. The van der Waals surface area contributed by atoms with Gasteiger partial charge in [0.15, 0.2) is 0 Å². The van der Waals surface area contributed by atoms with E-state index in [2.05, 4.69) is 22.5 Å². The van der Waals surface area contributed by atoms with Gasteiger partial charge >= 0.3 is 5.97 Å². The SMILES string of the molecule is O=C(O)CCNCc1cnn(Cc2ccccc2)c1. The first-order valence-corrected chi connectivity index (χ1v) is 6.22. The van der Waals surface area contributed by atoms with Crippen molar-refractivity contribution < 1.29 is 9.90 Å². The summed E-state index contributed by atoms with van der Waals surface area (Å²) < 4.78 is 1.88. The molecule has 0 saturated heterocycles. The van der Waals surface area contributed by atoms with Crippen LogP contribution in [0.5, 0.6) is 0 Å². The summed E-state index contributed by atoms with van der Waals surface area (Å²) in [4.78, 5) is 10.4. The molecule has 1 heterocycles. The molecule has 1 aromatic heterocycles. The van der Waals surface area contributed by atoms with E-state index in [0.29, 0.717) is 13.1 Å². The van der Waals surface area contributed by atoms with Crippen LogP contribution in [-0.2, 0) is 17.9 Å². The van der Waals surface area contributed by atoms with Crippen molar-refractivity contribution in [2.75, 3.05) is 6.54 Å². The van der Waals surface area contributed by atoms with E-state index in [1.807, 2.05) is 29.1 Å². The maximum Gasteiger partial charge on any atom is 0.304 e. The second-order valence-electron chi connectivity index (χ2n) is 4.35. The molecule has 0 radical (unpaired) electrons. The Labute approximate surface area is 111 Å². The van der Waals surface area contributed by atoms with E-state index < -0.39 is 5.97 Å². The molecule has 0 aliphatic carbocycles. The molecule has 5 heteroatoms. The average molecular weight is 259 g/mol. The standard InChI is InChI=1S/C14H17N3O2/c18-14(19)6-7-15-8-13-9-16-17(11-13)10-12-4-2-1-3-5-12/h1-5,9,11,15H,6-8,10H2,(H,18,19). The van der Waals surface area contributed by atoms with E-state index in [-0.39, 0.29) is 6.42 Å². The van der Waals surface area contributed by atoms with Crippen LogP contribution in [0.2, 0.25) is 0 Å². The van der Waals surface area contributed by atoms with Crippen LogP contribution in [0, 0.1) is 0 Å². The van der Waals surface area contributed by atoms with E-state index in [9.17, 15) is 4.79 Å². The second-order valence-corrected chi connectivity index (χ2v) is 4.35. The number of nitrogens with one attached hydrogen (secondary N) is 1. The number of carboxylic acids is 1. The second kappa shape index (κ2) is 6.70. The van der Waals surface area contributed by atoms with E-state index in [4.69, 9.17) is 5.11 Å². The number of hydrogen-bond acceptors (Lipinski definition) is 3. The molecule has 0 atom stereocenters. The number of aromatic nitrogens is 2. The van der Waals surface area contributed by atoms with Crippen LogP contribution in [0.15, 0.2) is 42.7 Å². The van der Waals surface area contributed by atoms with Gasteiger partial charge in [-0.1, -0.05) is 30.3 Å². The average Bonchev–Trinajstić information content (AvgIpc) is 2.83. The fraction of sp³-hybridized carbons (Fsp3) is 0.286. The van der Waals surface area contributed by atoms with E-state index >= 15 is 0 Å². The van der Waals surface area contributed by atoms with Crippen LogP contribution in [-0.4, -0.2) is 27.4 Å². The zero-order valence-electron chi connectivity index (χ0n) is 10.6. The molecule has 2 aromatic rings. The zero-order chi connectivity index (χ0) is 13.5. The Morgan fingerprint density at radius 2 is 2.05 bits per heavy atom. The Morgan fingerprint density at radius 1 is 1.26 bits per heavy atom. The normalized spacial score (nSPS) is 10.5. The molecule has 0 amide bonds. The molecule has 5 nitrogen and oxygen atoms in total. The van der Waals surface area contributed by atoms with Gasteiger partial charge in [0, 0.05) is 24.8 Å². The summed E-state index contributed by atoms with van der Waals surface area (Å²) in [5, 5.41) is 15.9. The fourth-order valence-electron chi connectivity index (χ4n) is 1.78. The fourth-order valence-corrected chi connectivity index (χ4v) is 1.78. The molecule has 0 aliphatic rings. The number of aliphatic carboxylic acids is 1. The molecule has 1 aromatic carbocycles. The topological polar surface area (TPSA) is 67.2 Å². The van der Waals surface area contributed by atoms with Crippen LogP contribution in [0.4, 0.5) is 0 Å². The Bertz CT molecular complexity index is 522. The van der Waals surface area contributed by atoms with Crippen LogP contribution in [0.3, 0.4) is 0 Å². The van der Waals surface area contributed by atoms with Gasteiger partial charge in [0.25, 0.3) is 0 Å². The minimum absolute atomic E-state index is 0.137. The monoisotopic (exact) mass is 259 g/mol. The van der Waals surface area contributed by atoms with Crippen molar-refractivity contribution in [2.24, 2.45) is 0 Å². The predicted octanol–water partition coefficient (Wildman–Crippen LogP) is 1.50. The van der Waals surface area contributed by atoms with Gasteiger partial charge in [0.1, 0.15) is 0 Å². The molecular weight excluding hydrogens is 242 g/mol. The maximum atomic E-state index is 10.4. The van der Waals surface area contributed by atoms with Gasteiger partial charge in [-0.05, 0) is 5.56 Å². The summed E-state index contributed by atoms with van der Waals surface area (Å²) in [6.45, 7) is 1.86. The third-order valence-corrected chi connectivity index (χ3v) is 2.72. The minimum atomic E-state index is -0.785. The molecular formula is C14H17N3O2. The molecule has 19 heavy (non-hydrogen) atoms. The van der Waals surface area contributed by atoms with Gasteiger partial charge in [-0.3, -0.25) is 9.48 Å². The van der Waals surface area contributed by atoms with Gasteiger partial charge in [0.05, 0.1) is 19.2 Å². The van der Waals surface area contributed by atoms with E-state index in [1.165, 1.54) is 5.56 Å². The number of carbonyl (C=O) groups is 1. The van der Waals surface area contributed by atoms with Crippen molar-refractivity contribution >= 4 is 5.97 Å². The summed E-state index contributed by atoms with van der Waals surface area (Å²) in [6.07, 6.45) is 3.91. The van der Waals surface area contributed by atoms with Crippen LogP contribution in [0.25, 0.3) is 0 Å². The third-order valence-electron chi connectivity index (χ3n) is 2.72. The van der Waals surface area contributed by atoms with Crippen molar-refractivity contribution in [1.82, 2.24) is 15.1 Å². The van der Waals surface area contributed by atoms with Crippen LogP contribution in [0.1, 0.15) is 17.5 Å². The predicted molar refractivity (Wildman–Crippen MR) is 71.7 cm³/mol. The van der Waals surface area contributed by atoms with Gasteiger partial charge in [-0.15, -0.1) is 0 Å². The molecule has 0 bridgehead atoms. The van der Waals surface area contributed by atoms with Crippen LogP contribution < -0.4 is 5.32 Å². The maximum absolute atomic E-state index is 10.4. The number of rotatable bonds is 7. The number of hydrogen-bond donors (Lipinski definition) is 2. The Morgan fingerprint density at radius 3 is 2.79 bits per heavy atom. The van der Waals surface area contributed by atoms with Gasteiger partial charge in [0.2, 0.25) is 0 Å². The summed E-state index contributed by atoms with van der Waals surface area (Å²) in [5.74, 6) is -0.785. The molecule has 0 unspecified atom stereocenters. The van der Waals surface area contributed by atoms with Gasteiger partial charge in [-0.25, -0.2) is 0 Å². The minimum Gasteiger partial charge on any atom is -0.481 e. The highest BCUT2D eigenvalue weighted by molar-refractivity contribution is 5.66. The molecule has 100 valence electrons. The lowest BCUT2D eigenvalue weighted by Crippen LogP contribution is -2.17. The molecule has 0 spiro atoms. The lowest BCUT2D eigenvalue weighted by molar-refractivity contribution is -0.136. The highest BCUT2D eigenvalue weighted by Gasteiger charge is 2.00. The van der Waals surface area contributed by atoms with Gasteiger partial charge in [-0.2, -0.15) is 5.10 Å². The number of nitrogens with zero attached hydrogens (tertiary/aromatic N) is 2. The summed E-state index contributed by atoms with van der Waals surface area (Å²) in [7, 11) is 0. The van der Waals surface area contributed by atoms with E-state index in [0.717, 1.165) is 12.1 Å². The third kappa shape index (κ3) is 4.56. The Hall–Kier alpha value is -2.14. The van der Waals surface area contributed by atoms with Crippen LogP contribution >= 0.6 is 0 Å². The lowest BCUT2D eigenvalue weighted by atomic mass is 10.2. The Kier molecular flexibility index (Phi) is 4.69. The highest BCUT2D eigenvalue weighted by Crippen LogP contribution is 2.03. The van der Waals surface area contributed by atoms with Crippen molar-refractivity contribution in [2.45, 2.75) is 19.5 Å². The van der Waals surface area contributed by atoms with Crippen molar-refractivity contribution in [3.8, 4) is 0 Å². The van der Waals surface area contributed by atoms with Crippen molar-refractivity contribution in [1.29, 1.82) is 0 Å². The quantitative estimate of drug-likeness (QED) is 0.739. The molecule has 2 N–H and O–H groups in total. The van der Waals surface area contributed by atoms with Crippen molar-refractivity contribution in [3.63, 3.8) is 0 Å². The molecule has 0 saturated carbocycles. The molecule has 2 rings (SSSR count). The highest BCUT2D eigenvalue weighted by atomic mass is 16.4. The summed E-state index contributed by atoms with van der Waals surface area (Å²) in [6, 6.07) is 10.1. The Balaban J connectivity index is 1.80. The summed E-state index contributed by atoms with van der Waals surface area (Å²) in [5.41, 5.74) is 2.26. The van der Waals surface area contributed by atoms with Crippen molar-refractivity contribution in [3.05, 3.63) is 53.9 Å². The van der Waals surface area contributed by atoms with Gasteiger partial charge < -0.3 is 10.4 Å². The molecule has 0 fully saturated rings. The molecule has 0 aliphatic heterocycles. The summed E-state index contributed by atoms with van der Waals surface area (Å²) >= 11 is 0. The number of carboxylic acid groups (broad SMARTS) is 1. The number of benzene rings is 1. The lowest BCUT2D eigenvalue weighted by Gasteiger charge is -2.01. The first-order valence-electron chi connectivity index (χ1n) is 6.22. The largest absolute Gasteiger partial charge is 0.481 e. The first kappa shape index (κ1) is 13.3. The van der Waals surface area contributed by atoms with E-state index in [1.54, 1.807) is 6.20 Å². The first-order chi connectivity index (χ1) is 9.24.